The normalized spacial score (nSPS) is 13.9. The molecule has 2 rings (SSSR count). The topological polar surface area (TPSA) is 49.9 Å². The van der Waals surface area contributed by atoms with Crippen LogP contribution < -0.4 is 9.64 Å². The molecule has 0 radical (unpaired) electrons. The molecule has 18 heavy (non-hydrogen) atoms. The van der Waals surface area contributed by atoms with Crippen LogP contribution in [0.1, 0.15) is 6.42 Å². The van der Waals surface area contributed by atoms with Crippen LogP contribution in [0.3, 0.4) is 0 Å². The van der Waals surface area contributed by atoms with Crippen LogP contribution in [0.4, 0.5) is 5.69 Å². The number of nitrogens with zero attached hydrogens (tertiary/aromatic N) is 2. The lowest BCUT2D eigenvalue weighted by atomic mass is 10.2. The van der Waals surface area contributed by atoms with Crippen molar-refractivity contribution in [3.63, 3.8) is 0 Å². The minimum Gasteiger partial charge on any atom is -0.482 e. The van der Waals surface area contributed by atoms with Gasteiger partial charge in [-0.1, -0.05) is 12.1 Å². The summed E-state index contributed by atoms with van der Waals surface area (Å²) < 4.78 is 5.33. The highest BCUT2D eigenvalue weighted by atomic mass is 16.5. The van der Waals surface area contributed by atoms with Gasteiger partial charge in [-0.25, -0.2) is 0 Å². The SMILES string of the molecule is CN(C)C(=O)CCN1C(=O)COc2ccccc21. The molecule has 96 valence electrons. The molecule has 0 saturated carbocycles. The van der Waals surface area contributed by atoms with Crippen LogP contribution in [0.15, 0.2) is 24.3 Å². The van der Waals surface area contributed by atoms with E-state index in [1.54, 1.807) is 19.0 Å². The standard InChI is InChI=1S/C13H16N2O3/c1-14(2)12(16)7-8-15-10-5-3-4-6-11(10)18-9-13(15)17/h3-6H,7-9H2,1-2H3. The smallest absolute Gasteiger partial charge is 0.265 e. The Bertz CT molecular complexity index is 471. The van der Waals surface area contributed by atoms with Crippen LogP contribution in [0.25, 0.3) is 0 Å². The monoisotopic (exact) mass is 248 g/mol. The number of carbonyl (C=O) groups excluding carboxylic acids is 2. The van der Waals surface area contributed by atoms with Crippen molar-refractivity contribution in [2.24, 2.45) is 0 Å². The maximum absolute atomic E-state index is 11.8. The molecule has 0 N–H and O–H groups in total. The van der Waals surface area contributed by atoms with Gasteiger partial charge in [-0.3, -0.25) is 9.59 Å². The second-order valence-electron chi connectivity index (χ2n) is 4.34. The molecule has 5 nitrogen and oxygen atoms in total. The van der Waals surface area contributed by atoms with Crippen molar-refractivity contribution in [1.29, 1.82) is 0 Å². The van der Waals surface area contributed by atoms with E-state index in [1.165, 1.54) is 4.90 Å². The maximum Gasteiger partial charge on any atom is 0.265 e. The fraction of sp³-hybridized carbons (Fsp3) is 0.385. The lowest BCUT2D eigenvalue weighted by Crippen LogP contribution is -2.40. The van der Waals surface area contributed by atoms with Crippen molar-refractivity contribution in [2.75, 3.05) is 32.1 Å². The summed E-state index contributed by atoms with van der Waals surface area (Å²) in [5.41, 5.74) is 0.736. The highest BCUT2D eigenvalue weighted by molar-refractivity contribution is 5.98. The molecule has 0 bridgehead atoms. The molecule has 0 aliphatic carbocycles. The molecule has 0 aromatic heterocycles. The van der Waals surface area contributed by atoms with E-state index in [-0.39, 0.29) is 18.4 Å². The molecule has 0 atom stereocenters. The lowest BCUT2D eigenvalue weighted by Gasteiger charge is -2.29. The van der Waals surface area contributed by atoms with Crippen molar-refractivity contribution < 1.29 is 14.3 Å². The highest BCUT2D eigenvalue weighted by Gasteiger charge is 2.25. The Hall–Kier alpha value is -2.04. The Morgan fingerprint density at radius 1 is 1.39 bits per heavy atom. The van der Waals surface area contributed by atoms with E-state index in [0.29, 0.717) is 18.7 Å². The molecule has 0 spiro atoms. The number of benzene rings is 1. The van der Waals surface area contributed by atoms with Gasteiger partial charge in [-0.15, -0.1) is 0 Å². The van der Waals surface area contributed by atoms with Gasteiger partial charge in [0.05, 0.1) is 5.69 Å². The minimum absolute atomic E-state index is 0.00627. The van der Waals surface area contributed by atoms with Gasteiger partial charge in [0.15, 0.2) is 6.61 Å². The summed E-state index contributed by atoms with van der Waals surface area (Å²) in [5.74, 6) is 0.585. The zero-order valence-corrected chi connectivity index (χ0v) is 10.5. The summed E-state index contributed by atoms with van der Waals surface area (Å²) in [7, 11) is 3.41. The Morgan fingerprint density at radius 2 is 2.11 bits per heavy atom. The number of para-hydroxylation sites is 2. The lowest BCUT2D eigenvalue weighted by molar-refractivity contribution is -0.128. The molecular weight excluding hydrogens is 232 g/mol. The van der Waals surface area contributed by atoms with E-state index in [4.69, 9.17) is 4.74 Å². The van der Waals surface area contributed by atoms with Crippen LogP contribution in [0.5, 0.6) is 5.75 Å². The van der Waals surface area contributed by atoms with Crippen LogP contribution in [0, 0.1) is 0 Å². The van der Waals surface area contributed by atoms with Crippen molar-refractivity contribution in [3.05, 3.63) is 24.3 Å². The van der Waals surface area contributed by atoms with E-state index in [2.05, 4.69) is 0 Å². The van der Waals surface area contributed by atoms with E-state index in [9.17, 15) is 9.59 Å². The Balaban J connectivity index is 2.12. The molecule has 1 aliphatic rings. The minimum atomic E-state index is -0.111. The van der Waals surface area contributed by atoms with Gasteiger partial charge >= 0.3 is 0 Å². The molecule has 0 saturated heterocycles. The maximum atomic E-state index is 11.8. The predicted molar refractivity (Wildman–Crippen MR) is 67.6 cm³/mol. The molecule has 0 fully saturated rings. The number of hydrogen-bond donors (Lipinski definition) is 0. The Kier molecular flexibility index (Phi) is 3.50. The van der Waals surface area contributed by atoms with Gasteiger partial charge in [-0.2, -0.15) is 0 Å². The first kappa shape index (κ1) is 12.4. The quantitative estimate of drug-likeness (QED) is 0.798. The van der Waals surface area contributed by atoms with E-state index in [0.717, 1.165) is 5.69 Å². The average Bonchev–Trinajstić information content (AvgIpc) is 2.37. The van der Waals surface area contributed by atoms with Gasteiger partial charge in [-0.05, 0) is 12.1 Å². The van der Waals surface area contributed by atoms with Crippen molar-refractivity contribution in [3.8, 4) is 5.75 Å². The first-order chi connectivity index (χ1) is 8.59. The summed E-state index contributed by atoms with van der Waals surface area (Å²) in [5, 5.41) is 0. The summed E-state index contributed by atoms with van der Waals surface area (Å²) in [6, 6.07) is 7.36. The van der Waals surface area contributed by atoms with Gasteiger partial charge in [0.2, 0.25) is 5.91 Å². The zero-order chi connectivity index (χ0) is 13.1. The molecule has 2 amide bonds. The second-order valence-corrected chi connectivity index (χ2v) is 4.34. The largest absolute Gasteiger partial charge is 0.482 e. The van der Waals surface area contributed by atoms with E-state index < -0.39 is 0 Å². The van der Waals surface area contributed by atoms with Crippen molar-refractivity contribution in [1.82, 2.24) is 4.90 Å². The molecule has 1 aliphatic heterocycles. The number of carbonyl (C=O) groups is 2. The predicted octanol–water partition coefficient (Wildman–Crippen LogP) is 0.890. The van der Waals surface area contributed by atoms with E-state index in [1.807, 2.05) is 24.3 Å². The number of anilines is 1. The first-order valence-electron chi connectivity index (χ1n) is 5.82. The third-order valence-electron chi connectivity index (χ3n) is 2.86. The molecule has 5 heteroatoms. The number of rotatable bonds is 3. The third-order valence-corrected chi connectivity index (χ3v) is 2.86. The average molecular weight is 248 g/mol. The number of amides is 2. The Labute approximate surface area is 106 Å². The number of ether oxygens (including phenoxy) is 1. The fourth-order valence-corrected chi connectivity index (χ4v) is 1.83. The summed E-state index contributed by atoms with van der Waals surface area (Å²) in [6.07, 6.45) is 0.313. The summed E-state index contributed by atoms with van der Waals surface area (Å²) >= 11 is 0. The van der Waals surface area contributed by atoms with Crippen LogP contribution in [-0.4, -0.2) is 44.0 Å². The van der Waals surface area contributed by atoms with Gasteiger partial charge < -0.3 is 14.5 Å². The molecule has 1 heterocycles. The third kappa shape index (κ3) is 2.45. The van der Waals surface area contributed by atoms with Crippen molar-refractivity contribution >= 4 is 17.5 Å². The van der Waals surface area contributed by atoms with Gasteiger partial charge in [0.1, 0.15) is 5.75 Å². The van der Waals surface area contributed by atoms with Crippen LogP contribution >= 0.6 is 0 Å². The van der Waals surface area contributed by atoms with Crippen LogP contribution in [0.2, 0.25) is 0 Å². The zero-order valence-electron chi connectivity index (χ0n) is 10.5. The molecule has 1 aromatic rings. The highest BCUT2D eigenvalue weighted by Crippen LogP contribution is 2.31. The van der Waals surface area contributed by atoms with Gasteiger partial charge in [0, 0.05) is 27.1 Å². The number of hydrogen-bond acceptors (Lipinski definition) is 3. The molecule has 1 aromatic carbocycles. The van der Waals surface area contributed by atoms with Crippen LogP contribution in [-0.2, 0) is 9.59 Å². The van der Waals surface area contributed by atoms with Gasteiger partial charge in [0.25, 0.3) is 5.91 Å². The molecule has 0 unspecified atom stereocenters. The first-order valence-corrected chi connectivity index (χ1v) is 5.82. The van der Waals surface area contributed by atoms with Crippen molar-refractivity contribution in [2.45, 2.75) is 6.42 Å². The fourth-order valence-electron chi connectivity index (χ4n) is 1.83. The second kappa shape index (κ2) is 5.08. The molecular formula is C13H16N2O3. The summed E-state index contributed by atoms with van der Waals surface area (Å²) in [6.45, 7) is 0.420. The number of fused-ring (bicyclic) bond motifs is 1. The van der Waals surface area contributed by atoms with E-state index >= 15 is 0 Å². The summed E-state index contributed by atoms with van der Waals surface area (Å²) in [4.78, 5) is 26.5. The Morgan fingerprint density at radius 3 is 2.83 bits per heavy atom.